The molecule has 0 aliphatic carbocycles. The van der Waals surface area contributed by atoms with Crippen molar-refractivity contribution in [2.75, 3.05) is 13.1 Å². The summed E-state index contributed by atoms with van der Waals surface area (Å²) in [7, 11) is 0. The number of rotatable bonds is 4. The molecule has 0 aromatic heterocycles. The molecule has 98 valence electrons. The number of hydrogen-bond donors (Lipinski definition) is 1. The first-order valence-electron chi connectivity index (χ1n) is 6.72. The molecule has 1 aliphatic heterocycles. The summed E-state index contributed by atoms with van der Waals surface area (Å²) in [6.45, 7) is 4.75. The molecule has 3 heteroatoms. The number of benzene rings is 1. The fraction of sp³-hybridized carbons (Fsp3) is 0.533. The van der Waals surface area contributed by atoms with Gasteiger partial charge in [0.05, 0.1) is 5.92 Å². The highest BCUT2D eigenvalue weighted by Gasteiger charge is 2.25. The van der Waals surface area contributed by atoms with Crippen LogP contribution in [0.25, 0.3) is 0 Å². The van der Waals surface area contributed by atoms with Crippen molar-refractivity contribution >= 4 is 5.97 Å². The van der Waals surface area contributed by atoms with Gasteiger partial charge in [-0.2, -0.15) is 0 Å². The molecule has 1 heterocycles. The highest BCUT2D eigenvalue weighted by molar-refractivity contribution is 5.70. The molecule has 1 fully saturated rings. The van der Waals surface area contributed by atoms with E-state index in [1.165, 1.54) is 11.1 Å². The van der Waals surface area contributed by atoms with Crippen molar-refractivity contribution in [3.63, 3.8) is 0 Å². The fourth-order valence-corrected chi connectivity index (χ4v) is 2.70. The molecule has 0 saturated carbocycles. The molecule has 1 atom stereocenters. The van der Waals surface area contributed by atoms with Gasteiger partial charge in [0.1, 0.15) is 0 Å². The molecular weight excluding hydrogens is 226 g/mol. The molecule has 1 N–H and O–H groups in total. The second-order valence-corrected chi connectivity index (χ2v) is 5.03. The zero-order valence-corrected chi connectivity index (χ0v) is 10.9. The molecule has 1 saturated heterocycles. The first-order chi connectivity index (χ1) is 8.70. The molecule has 1 aromatic rings. The van der Waals surface area contributed by atoms with Gasteiger partial charge < -0.3 is 5.11 Å². The smallest absolute Gasteiger partial charge is 0.307 e. The zero-order valence-electron chi connectivity index (χ0n) is 10.9. The number of likely N-dealkylation sites (tertiary alicyclic amines) is 1. The van der Waals surface area contributed by atoms with E-state index in [9.17, 15) is 4.79 Å². The molecule has 1 aliphatic rings. The van der Waals surface area contributed by atoms with E-state index in [4.69, 9.17) is 5.11 Å². The number of carboxylic acid groups (broad SMARTS) is 1. The Hall–Kier alpha value is -1.35. The lowest BCUT2D eigenvalue weighted by Crippen LogP contribution is -2.38. The third kappa shape index (κ3) is 3.10. The first-order valence-corrected chi connectivity index (χ1v) is 6.72. The fourth-order valence-electron chi connectivity index (χ4n) is 2.70. The van der Waals surface area contributed by atoms with Gasteiger partial charge in [-0.3, -0.25) is 9.69 Å². The van der Waals surface area contributed by atoms with E-state index in [1.54, 1.807) is 0 Å². The van der Waals surface area contributed by atoms with E-state index in [1.807, 2.05) is 0 Å². The number of piperidine rings is 1. The van der Waals surface area contributed by atoms with Gasteiger partial charge in [-0.1, -0.05) is 31.2 Å². The number of carbonyl (C=O) groups is 1. The van der Waals surface area contributed by atoms with Crippen LogP contribution in [-0.2, 0) is 17.8 Å². The Balaban J connectivity index is 2.02. The summed E-state index contributed by atoms with van der Waals surface area (Å²) >= 11 is 0. The quantitative estimate of drug-likeness (QED) is 0.889. The number of hydrogen-bond acceptors (Lipinski definition) is 2. The SMILES string of the molecule is CCc1ccccc1CN1CCC[C@@H](C(=O)O)C1. The molecule has 3 nitrogen and oxygen atoms in total. The Labute approximate surface area is 108 Å². The summed E-state index contributed by atoms with van der Waals surface area (Å²) in [5.41, 5.74) is 2.71. The van der Waals surface area contributed by atoms with Gasteiger partial charge in [0.25, 0.3) is 0 Å². The van der Waals surface area contributed by atoms with Crippen LogP contribution >= 0.6 is 0 Å². The summed E-state index contributed by atoms with van der Waals surface area (Å²) in [5, 5.41) is 9.10. The molecule has 0 spiro atoms. The van der Waals surface area contributed by atoms with E-state index in [-0.39, 0.29) is 5.92 Å². The number of nitrogens with zero attached hydrogens (tertiary/aromatic N) is 1. The molecule has 0 bridgehead atoms. The van der Waals surface area contributed by atoms with Gasteiger partial charge in [0, 0.05) is 13.1 Å². The van der Waals surface area contributed by atoms with E-state index < -0.39 is 5.97 Å². The third-order valence-electron chi connectivity index (χ3n) is 3.75. The average Bonchev–Trinajstić information content (AvgIpc) is 2.39. The van der Waals surface area contributed by atoms with Crippen molar-refractivity contribution in [2.45, 2.75) is 32.7 Å². The van der Waals surface area contributed by atoms with Crippen LogP contribution in [0.1, 0.15) is 30.9 Å². The predicted octanol–water partition coefficient (Wildman–Crippen LogP) is 2.55. The lowest BCUT2D eigenvalue weighted by Gasteiger charge is -2.31. The minimum absolute atomic E-state index is 0.187. The van der Waals surface area contributed by atoms with Crippen LogP contribution < -0.4 is 0 Å². The van der Waals surface area contributed by atoms with Crippen molar-refractivity contribution in [1.82, 2.24) is 4.90 Å². The summed E-state index contributed by atoms with van der Waals surface area (Å²) in [6, 6.07) is 8.45. The van der Waals surface area contributed by atoms with Crippen molar-refractivity contribution in [1.29, 1.82) is 0 Å². The van der Waals surface area contributed by atoms with Crippen LogP contribution in [0.3, 0.4) is 0 Å². The molecule has 2 rings (SSSR count). The second-order valence-electron chi connectivity index (χ2n) is 5.03. The van der Waals surface area contributed by atoms with E-state index in [0.717, 1.165) is 32.4 Å². The predicted molar refractivity (Wildman–Crippen MR) is 71.5 cm³/mol. The Bertz CT molecular complexity index is 417. The van der Waals surface area contributed by atoms with Gasteiger partial charge in [0.15, 0.2) is 0 Å². The van der Waals surface area contributed by atoms with Crippen LogP contribution in [0.5, 0.6) is 0 Å². The highest BCUT2D eigenvalue weighted by atomic mass is 16.4. The third-order valence-corrected chi connectivity index (χ3v) is 3.75. The van der Waals surface area contributed by atoms with Crippen LogP contribution in [-0.4, -0.2) is 29.1 Å². The summed E-state index contributed by atoms with van der Waals surface area (Å²) in [5.74, 6) is -0.837. The average molecular weight is 247 g/mol. The molecular formula is C15H21NO2. The second kappa shape index (κ2) is 6.01. The molecule has 0 radical (unpaired) electrons. The van der Waals surface area contributed by atoms with Gasteiger partial charge in [-0.05, 0) is 36.9 Å². The van der Waals surface area contributed by atoms with E-state index in [0.29, 0.717) is 6.54 Å². The Morgan fingerprint density at radius 2 is 2.11 bits per heavy atom. The lowest BCUT2D eigenvalue weighted by molar-refractivity contribution is -0.143. The van der Waals surface area contributed by atoms with Gasteiger partial charge >= 0.3 is 5.97 Å². The number of aryl methyl sites for hydroxylation is 1. The van der Waals surface area contributed by atoms with E-state index >= 15 is 0 Å². The van der Waals surface area contributed by atoms with Gasteiger partial charge in [0.2, 0.25) is 0 Å². The van der Waals surface area contributed by atoms with Crippen LogP contribution in [0.2, 0.25) is 0 Å². The number of carboxylic acids is 1. The Kier molecular flexibility index (Phi) is 4.37. The monoisotopic (exact) mass is 247 g/mol. The maximum absolute atomic E-state index is 11.0. The molecule has 18 heavy (non-hydrogen) atoms. The minimum Gasteiger partial charge on any atom is -0.481 e. The molecule has 0 amide bonds. The zero-order chi connectivity index (χ0) is 13.0. The van der Waals surface area contributed by atoms with Gasteiger partial charge in [-0.15, -0.1) is 0 Å². The Morgan fingerprint density at radius 1 is 1.39 bits per heavy atom. The Morgan fingerprint density at radius 3 is 2.78 bits per heavy atom. The maximum atomic E-state index is 11.0. The van der Waals surface area contributed by atoms with Crippen LogP contribution in [0.15, 0.2) is 24.3 Å². The first kappa shape index (κ1) is 13.1. The van der Waals surface area contributed by atoms with Crippen molar-refractivity contribution in [2.24, 2.45) is 5.92 Å². The number of aliphatic carboxylic acids is 1. The maximum Gasteiger partial charge on any atom is 0.307 e. The summed E-state index contributed by atoms with van der Waals surface area (Å²) in [4.78, 5) is 13.3. The van der Waals surface area contributed by atoms with Crippen molar-refractivity contribution in [3.05, 3.63) is 35.4 Å². The van der Waals surface area contributed by atoms with E-state index in [2.05, 4.69) is 36.1 Å². The van der Waals surface area contributed by atoms with Crippen LogP contribution in [0, 0.1) is 5.92 Å². The van der Waals surface area contributed by atoms with Crippen LogP contribution in [0.4, 0.5) is 0 Å². The topological polar surface area (TPSA) is 40.5 Å². The highest BCUT2D eigenvalue weighted by Crippen LogP contribution is 2.20. The summed E-state index contributed by atoms with van der Waals surface area (Å²) in [6.07, 6.45) is 2.85. The lowest BCUT2D eigenvalue weighted by atomic mass is 9.97. The molecule has 0 unspecified atom stereocenters. The van der Waals surface area contributed by atoms with Gasteiger partial charge in [-0.25, -0.2) is 0 Å². The molecule has 1 aromatic carbocycles. The standard InChI is InChI=1S/C15H21NO2/c1-2-12-6-3-4-7-13(12)10-16-9-5-8-14(11-16)15(17)18/h3-4,6-7,14H,2,5,8-11H2,1H3,(H,17,18)/t14-/m1/s1. The largest absolute Gasteiger partial charge is 0.481 e. The minimum atomic E-state index is -0.650. The summed E-state index contributed by atoms with van der Waals surface area (Å²) < 4.78 is 0. The normalized spacial score (nSPS) is 20.8. The van der Waals surface area contributed by atoms with Crippen molar-refractivity contribution in [3.8, 4) is 0 Å². The van der Waals surface area contributed by atoms with Crippen molar-refractivity contribution < 1.29 is 9.90 Å².